The third-order valence-electron chi connectivity index (χ3n) is 5.52. The second-order valence-corrected chi connectivity index (χ2v) is 6.69. The molecule has 0 heterocycles. The summed E-state index contributed by atoms with van der Waals surface area (Å²) in [6.07, 6.45) is 5.70. The zero-order chi connectivity index (χ0) is 16.0. The van der Waals surface area contributed by atoms with Crippen molar-refractivity contribution in [3.05, 3.63) is 53.1 Å². The number of hydrogen-bond donors (Lipinski definition) is 2. The molecule has 2 aromatic rings. The first-order valence-electron chi connectivity index (χ1n) is 8.21. The monoisotopic (exact) mass is 303 g/mol. The first kappa shape index (κ1) is 14.5. The van der Waals surface area contributed by atoms with Gasteiger partial charge in [-0.1, -0.05) is 43.5 Å². The quantitative estimate of drug-likeness (QED) is 0.795. The van der Waals surface area contributed by atoms with Crippen LogP contribution in [0.15, 0.2) is 36.4 Å². The Morgan fingerprint density at radius 1 is 0.913 bits per heavy atom. The van der Waals surface area contributed by atoms with Crippen LogP contribution in [-0.4, -0.2) is 17.2 Å². The average molecular weight is 303 g/mol. The van der Waals surface area contributed by atoms with E-state index >= 15 is 0 Å². The highest BCUT2D eigenvalue weighted by Crippen LogP contribution is 2.55. The van der Waals surface area contributed by atoms with Crippen LogP contribution in [-0.2, 0) is 5.41 Å². The summed E-state index contributed by atoms with van der Waals surface area (Å²) in [4.78, 5) is 0. The summed E-state index contributed by atoms with van der Waals surface area (Å²) in [5, 5.41) is 28.4. The second kappa shape index (κ2) is 5.23. The van der Waals surface area contributed by atoms with Crippen LogP contribution in [0.4, 0.5) is 0 Å². The zero-order valence-electron chi connectivity index (χ0n) is 12.9. The van der Waals surface area contributed by atoms with Crippen LogP contribution in [0.3, 0.4) is 0 Å². The Labute approximate surface area is 136 Å². The number of hydrogen-bond acceptors (Lipinski definition) is 3. The molecule has 0 aromatic heterocycles. The molecule has 0 aliphatic heterocycles. The highest BCUT2D eigenvalue weighted by Gasteiger charge is 2.44. The highest BCUT2D eigenvalue weighted by molar-refractivity contribution is 6.58. The van der Waals surface area contributed by atoms with E-state index in [2.05, 4.69) is 6.07 Å². The highest BCUT2D eigenvalue weighted by atomic mass is 16.4. The molecular formula is C19H18BNO2. The minimum atomic E-state index is -1.45. The van der Waals surface area contributed by atoms with Crippen molar-refractivity contribution in [3.8, 4) is 17.2 Å². The van der Waals surface area contributed by atoms with Crippen molar-refractivity contribution in [2.24, 2.45) is 0 Å². The van der Waals surface area contributed by atoms with Crippen molar-refractivity contribution in [3.63, 3.8) is 0 Å². The van der Waals surface area contributed by atoms with Gasteiger partial charge in [0.25, 0.3) is 0 Å². The van der Waals surface area contributed by atoms with E-state index in [0.717, 1.165) is 12.8 Å². The lowest BCUT2D eigenvalue weighted by molar-refractivity contribution is 0.353. The first-order chi connectivity index (χ1) is 11.2. The zero-order valence-corrected chi connectivity index (χ0v) is 12.9. The number of rotatable bonds is 1. The van der Waals surface area contributed by atoms with E-state index in [0.29, 0.717) is 11.0 Å². The van der Waals surface area contributed by atoms with E-state index in [9.17, 15) is 15.3 Å². The number of benzene rings is 2. The molecule has 2 aromatic carbocycles. The van der Waals surface area contributed by atoms with Crippen molar-refractivity contribution >= 4 is 12.6 Å². The molecule has 0 unspecified atom stereocenters. The molecular weight excluding hydrogens is 285 g/mol. The lowest BCUT2D eigenvalue weighted by atomic mass is 9.66. The van der Waals surface area contributed by atoms with Crippen LogP contribution in [0.1, 0.15) is 48.8 Å². The molecule has 4 rings (SSSR count). The van der Waals surface area contributed by atoms with Crippen LogP contribution in [0, 0.1) is 11.3 Å². The summed E-state index contributed by atoms with van der Waals surface area (Å²) < 4.78 is 0. The molecule has 2 aliphatic rings. The standard InChI is InChI=1S/C19H18BNO2/c21-12-13-4-6-15-16-7-5-14(20(22)23)11-18(16)19(17(15)10-13)8-2-1-3-9-19/h4-7,10-11,22-23H,1-3,8-9H2. The first-order valence-corrected chi connectivity index (χ1v) is 8.21. The van der Waals surface area contributed by atoms with Gasteiger partial charge in [-0.3, -0.25) is 0 Å². The summed E-state index contributed by atoms with van der Waals surface area (Å²) in [5.41, 5.74) is 5.99. The van der Waals surface area contributed by atoms with Crippen molar-refractivity contribution < 1.29 is 10.0 Å². The third kappa shape index (κ3) is 2.04. The van der Waals surface area contributed by atoms with Gasteiger partial charge >= 0.3 is 7.12 Å². The van der Waals surface area contributed by atoms with E-state index in [-0.39, 0.29) is 5.41 Å². The molecule has 1 spiro atoms. The Morgan fingerprint density at radius 2 is 1.57 bits per heavy atom. The largest absolute Gasteiger partial charge is 0.488 e. The average Bonchev–Trinajstić information content (AvgIpc) is 2.85. The molecule has 0 radical (unpaired) electrons. The van der Waals surface area contributed by atoms with Crippen molar-refractivity contribution in [1.82, 2.24) is 0 Å². The minimum Gasteiger partial charge on any atom is -0.423 e. The maximum absolute atomic E-state index is 9.55. The van der Waals surface area contributed by atoms with Crippen molar-refractivity contribution in [1.29, 1.82) is 5.26 Å². The van der Waals surface area contributed by atoms with E-state index < -0.39 is 7.12 Å². The number of nitrogens with zero attached hydrogens (tertiary/aromatic N) is 1. The molecule has 0 atom stereocenters. The van der Waals surface area contributed by atoms with Gasteiger partial charge in [0.2, 0.25) is 0 Å². The van der Waals surface area contributed by atoms with Crippen LogP contribution in [0.5, 0.6) is 0 Å². The molecule has 114 valence electrons. The lowest BCUT2D eigenvalue weighted by Gasteiger charge is -2.36. The SMILES string of the molecule is N#Cc1ccc2c(c1)C1(CCCCC1)c1cc(B(O)O)ccc1-2. The Morgan fingerprint density at radius 3 is 2.22 bits per heavy atom. The summed E-state index contributed by atoms with van der Waals surface area (Å²) in [6, 6.07) is 14.0. The number of nitriles is 1. The maximum atomic E-state index is 9.55. The van der Waals surface area contributed by atoms with Crippen LogP contribution in [0.25, 0.3) is 11.1 Å². The van der Waals surface area contributed by atoms with E-state index in [4.69, 9.17) is 0 Å². The Bertz CT molecular complexity index is 817. The molecule has 3 nitrogen and oxygen atoms in total. The van der Waals surface area contributed by atoms with Gasteiger partial charge in [-0.25, -0.2) is 0 Å². The molecule has 0 bridgehead atoms. The van der Waals surface area contributed by atoms with Gasteiger partial charge in [0.05, 0.1) is 11.6 Å². The number of fused-ring (bicyclic) bond motifs is 5. The smallest absolute Gasteiger partial charge is 0.423 e. The van der Waals surface area contributed by atoms with Gasteiger partial charge in [0.1, 0.15) is 0 Å². The van der Waals surface area contributed by atoms with E-state index in [1.807, 2.05) is 30.3 Å². The molecule has 1 saturated carbocycles. The normalized spacial score (nSPS) is 17.4. The Hall–Kier alpha value is -2.09. The maximum Gasteiger partial charge on any atom is 0.488 e. The minimum absolute atomic E-state index is 0.0688. The Balaban J connectivity index is 1.99. The van der Waals surface area contributed by atoms with Gasteiger partial charge in [0.15, 0.2) is 0 Å². The Kier molecular flexibility index (Phi) is 3.30. The predicted molar refractivity (Wildman–Crippen MR) is 90.3 cm³/mol. The fourth-order valence-corrected chi connectivity index (χ4v) is 4.44. The molecule has 4 heteroatoms. The summed E-state index contributed by atoms with van der Waals surface area (Å²) >= 11 is 0. The third-order valence-corrected chi connectivity index (χ3v) is 5.52. The molecule has 0 amide bonds. The fraction of sp³-hybridized carbons (Fsp3) is 0.316. The molecule has 23 heavy (non-hydrogen) atoms. The van der Waals surface area contributed by atoms with Gasteiger partial charge in [-0.2, -0.15) is 5.26 Å². The van der Waals surface area contributed by atoms with Gasteiger partial charge in [0, 0.05) is 5.41 Å². The van der Waals surface area contributed by atoms with Crippen LogP contribution < -0.4 is 5.46 Å². The fourth-order valence-electron chi connectivity index (χ4n) is 4.44. The molecule has 2 N–H and O–H groups in total. The molecule has 1 fully saturated rings. The molecule has 0 saturated heterocycles. The summed E-state index contributed by atoms with van der Waals surface area (Å²) in [7, 11) is -1.45. The summed E-state index contributed by atoms with van der Waals surface area (Å²) in [6.45, 7) is 0. The van der Waals surface area contributed by atoms with Crippen molar-refractivity contribution in [2.45, 2.75) is 37.5 Å². The topological polar surface area (TPSA) is 64.2 Å². The summed E-state index contributed by atoms with van der Waals surface area (Å²) in [5.74, 6) is 0. The van der Waals surface area contributed by atoms with Crippen LogP contribution in [0.2, 0.25) is 0 Å². The second-order valence-electron chi connectivity index (χ2n) is 6.69. The van der Waals surface area contributed by atoms with Gasteiger partial charge in [-0.15, -0.1) is 0 Å². The van der Waals surface area contributed by atoms with E-state index in [1.165, 1.54) is 41.5 Å². The predicted octanol–water partition coefficient (Wildman–Crippen LogP) is 2.47. The van der Waals surface area contributed by atoms with Gasteiger partial charge in [-0.05, 0) is 52.7 Å². The molecule has 2 aliphatic carbocycles. The van der Waals surface area contributed by atoms with E-state index in [1.54, 1.807) is 6.07 Å². The van der Waals surface area contributed by atoms with Crippen LogP contribution >= 0.6 is 0 Å². The lowest BCUT2D eigenvalue weighted by Crippen LogP contribution is -2.33. The van der Waals surface area contributed by atoms with Gasteiger partial charge < -0.3 is 10.0 Å². The van der Waals surface area contributed by atoms with Crippen molar-refractivity contribution in [2.75, 3.05) is 0 Å².